The standard InChI is InChI=1S/C11H11ClN2OS/c1-15-8-4-2-7(3-5-8)11-14-9(6-13)10(12)16-11/h2-5H,6,13H2,1H3. The second-order valence-corrected chi connectivity index (χ2v) is 4.77. The van der Waals surface area contributed by atoms with Crippen LogP contribution >= 0.6 is 22.9 Å². The fourth-order valence-electron chi connectivity index (χ4n) is 1.32. The number of ether oxygens (including phenoxy) is 1. The molecule has 1 aromatic heterocycles. The molecule has 0 saturated heterocycles. The summed E-state index contributed by atoms with van der Waals surface area (Å²) in [5, 5.41) is 0.883. The van der Waals surface area contributed by atoms with Gasteiger partial charge in [-0.05, 0) is 24.3 Å². The lowest BCUT2D eigenvalue weighted by molar-refractivity contribution is 0.415. The van der Waals surface area contributed by atoms with Gasteiger partial charge in [0.1, 0.15) is 15.1 Å². The third-order valence-electron chi connectivity index (χ3n) is 2.18. The molecule has 1 heterocycles. The van der Waals surface area contributed by atoms with Crippen molar-refractivity contribution in [2.45, 2.75) is 6.54 Å². The molecule has 1 aromatic carbocycles. The van der Waals surface area contributed by atoms with E-state index in [0.717, 1.165) is 22.0 Å². The maximum atomic E-state index is 6.00. The minimum atomic E-state index is 0.367. The van der Waals surface area contributed by atoms with Crippen LogP contribution in [0.1, 0.15) is 5.69 Å². The molecular weight excluding hydrogens is 244 g/mol. The van der Waals surface area contributed by atoms with E-state index in [1.165, 1.54) is 11.3 Å². The summed E-state index contributed by atoms with van der Waals surface area (Å²) < 4.78 is 5.75. The highest BCUT2D eigenvalue weighted by Gasteiger charge is 2.09. The summed E-state index contributed by atoms with van der Waals surface area (Å²) in [6, 6.07) is 7.70. The number of hydrogen-bond donors (Lipinski definition) is 1. The minimum Gasteiger partial charge on any atom is -0.497 e. The quantitative estimate of drug-likeness (QED) is 0.916. The number of benzene rings is 1. The first kappa shape index (κ1) is 11.4. The largest absolute Gasteiger partial charge is 0.497 e. The van der Waals surface area contributed by atoms with Crippen molar-refractivity contribution in [3.8, 4) is 16.3 Å². The molecule has 0 bridgehead atoms. The number of thiazole rings is 1. The van der Waals surface area contributed by atoms with Gasteiger partial charge in [-0.25, -0.2) is 4.98 Å². The topological polar surface area (TPSA) is 48.1 Å². The Bertz CT molecular complexity index is 481. The van der Waals surface area contributed by atoms with Crippen LogP contribution in [0.3, 0.4) is 0 Å². The van der Waals surface area contributed by atoms with Crippen LogP contribution in [0.15, 0.2) is 24.3 Å². The van der Waals surface area contributed by atoms with Crippen molar-refractivity contribution in [1.82, 2.24) is 4.98 Å². The Labute approximate surface area is 103 Å². The Morgan fingerprint density at radius 3 is 2.56 bits per heavy atom. The molecule has 0 aliphatic rings. The van der Waals surface area contributed by atoms with E-state index in [1.54, 1.807) is 7.11 Å². The molecule has 0 fully saturated rings. The van der Waals surface area contributed by atoms with Gasteiger partial charge < -0.3 is 10.5 Å². The summed E-state index contributed by atoms with van der Waals surface area (Å²) >= 11 is 7.44. The van der Waals surface area contributed by atoms with E-state index >= 15 is 0 Å². The third-order valence-corrected chi connectivity index (χ3v) is 3.56. The Hall–Kier alpha value is -1.10. The van der Waals surface area contributed by atoms with Crippen molar-refractivity contribution in [1.29, 1.82) is 0 Å². The summed E-state index contributed by atoms with van der Waals surface area (Å²) in [6.45, 7) is 0.367. The van der Waals surface area contributed by atoms with Crippen molar-refractivity contribution in [3.63, 3.8) is 0 Å². The van der Waals surface area contributed by atoms with Crippen LogP contribution in [0.5, 0.6) is 5.75 Å². The summed E-state index contributed by atoms with van der Waals surface area (Å²) in [4.78, 5) is 4.37. The highest BCUT2D eigenvalue weighted by Crippen LogP contribution is 2.32. The van der Waals surface area contributed by atoms with Gasteiger partial charge in [-0.1, -0.05) is 11.6 Å². The number of aromatic nitrogens is 1. The van der Waals surface area contributed by atoms with Crippen LogP contribution in [-0.2, 0) is 6.54 Å². The van der Waals surface area contributed by atoms with Crippen LogP contribution in [0.2, 0.25) is 4.34 Å². The minimum absolute atomic E-state index is 0.367. The van der Waals surface area contributed by atoms with Gasteiger partial charge in [0.2, 0.25) is 0 Å². The van der Waals surface area contributed by atoms with Gasteiger partial charge in [-0.3, -0.25) is 0 Å². The predicted molar refractivity (Wildman–Crippen MR) is 67.0 cm³/mol. The summed E-state index contributed by atoms with van der Waals surface area (Å²) in [5.41, 5.74) is 7.30. The average Bonchev–Trinajstić information content (AvgIpc) is 2.71. The van der Waals surface area contributed by atoms with Crippen molar-refractivity contribution in [2.24, 2.45) is 5.73 Å². The Balaban J connectivity index is 2.34. The number of rotatable bonds is 3. The second kappa shape index (κ2) is 4.82. The van der Waals surface area contributed by atoms with Gasteiger partial charge in [0, 0.05) is 12.1 Å². The monoisotopic (exact) mass is 254 g/mol. The summed E-state index contributed by atoms with van der Waals surface area (Å²) in [6.07, 6.45) is 0. The number of hydrogen-bond acceptors (Lipinski definition) is 4. The number of methoxy groups -OCH3 is 1. The SMILES string of the molecule is COc1ccc(-c2nc(CN)c(Cl)s2)cc1. The summed E-state index contributed by atoms with van der Waals surface area (Å²) in [7, 11) is 1.64. The zero-order valence-corrected chi connectivity index (χ0v) is 10.3. The highest BCUT2D eigenvalue weighted by atomic mass is 35.5. The molecule has 0 radical (unpaired) electrons. The molecular formula is C11H11ClN2OS. The molecule has 84 valence electrons. The van der Waals surface area contributed by atoms with Gasteiger partial charge in [-0.15, -0.1) is 11.3 Å². The zero-order valence-electron chi connectivity index (χ0n) is 8.74. The van der Waals surface area contributed by atoms with E-state index in [0.29, 0.717) is 10.9 Å². The van der Waals surface area contributed by atoms with Crippen molar-refractivity contribution in [3.05, 3.63) is 34.3 Å². The van der Waals surface area contributed by atoms with Gasteiger partial charge in [0.05, 0.1) is 12.8 Å². The predicted octanol–water partition coefficient (Wildman–Crippen LogP) is 2.93. The fraction of sp³-hybridized carbons (Fsp3) is 0.182. The highest BCUT2D eigenvalue weighted by molar-refractivity contribution is 7.19. The summed E-state index contributed by atoms with van der Waals surface area (Å²) in [5.74, 6) is 0.824. The number of halogens is 1. The van der Waals surface area contributed by atoms with E-state index in [4.69, 9.17) is 22.1 Å². The molecule has 0 aliphatic carbocycles. The van der Waals surface area contributed by atoms with Gasteiger partial charge in [-0.2, -0.15) is 0 Å². The smallest absolute Gasteiger partial charge is 0.125 e. The number of nitrogens with zero attached hydrogens (tertiary/aromatic N) is 1. The second-order valence-electron chi connectivity index (χ2n) is 3.17. The van der Waals surface area contributed by atoms with Crippen LogP contribution in [0.25, 0.3) is 10.6 Å². The van der Waals surface area contributed by atoms with E-state index in [9.17, 15) is 0 Å². The maximum Gasteiger partial charge on any atom is 0.125 e. The number of nitrogens with two attached hydrogens (primary N) is 1. The van der Waals surface area contributed by atoms with Crippen LogP contribution in [0.4, 0.5) is 0 Å². The first-order valence-corrected chi connectivity index (χ1v) is 5.93. The van der Waals surface area contributed by atoms with Crippen LogP contribution < -0.4 is 10.5 Å². The third kappa shape index (κ3) is 2.19. The Morgan fingerprint density at radius 1 is 1.38 bits per heavy atom. The fourth-order valence-corrected chi connectivity index (χ4v) is 2.48. The lowest BCUT2D eigenvalue weighted by Crippen LogP contribution is -1.96. The van der Waals surface area contributed by atoms with E-state index in [1.807, 2.05) is 24.3 Å². The molecule has 16 heavy (non-hydrogen) atoms. The van der Waals surface area contributed by atoms with Crippen LogP contribution in [-0.4, -0.2) is 12.1 Å². The Morgan fingerprint density at radius 2 is 2.06 bits per heavy atom. The molecule has 0 aliphatic heterocycles. The van der Waals surface area contributed by atoms with Gasteiger partial charge >= 0.3 is 0 Å². The van der Waals surface area contributed by atoms with E-state index in [-0.39, 0.29) is 0 Å². The molecule has 2 rings (SSSR count). The van der Waals surface area contributed by atoms with Gasteiger partial charge in [0.25, 0.3) is 0 Å². The molecule has 0 saturated carbocycles. The van der Waals surface area contributed by atoms with E-state index in [2.05, 4.69) is 4.98 Å². The molecule has 2 N–H and O–H groups in total. The molecule has 0 amide bonds. The van der Waals surface area contributed by atoms with Gasteiger partial charge in [0.15, 0.2) is 0 Å². The molecule has 5 heteroatoms. The maximum absolute atomic E-state index is 6.00. The lowest BCUT2D eigenvalue weighted by Gasteiger charge is -1.99. The first-order chi connectivity index (χ1) is 7.74. The normalized spacial score (nSPS) is 10.4. The molecule has 2 aromatic rings. The zero-order chi connectivity index (χ0) is 11.5. The van der Waals surface area contributed by atoms with Crippen molar-refractivity contribution < 1.29 is 4.74 Å². The molecule has 0 unspecified atom stereocenters. The molecule has 3 nitrogen and oxygen atoms in total. The van der Waals surface area contributed by atoms with Crippen LogP contribution in [0, 0.1) is 0 Å². The Kier molecular flexibility index (Phi) is 3.43. The van der Waals surface area contributed by atoms with Crippen molar-refractivity contribution >= 4 is 22.9 Å². The van der Waals surface area contributed by atoms with Crippen molar-refractivity contribution in [2.75, 3.05) is 7.11 Å². The first-order valence-electron chi connectivity index (χ1n) is 4.74. The molecule has 0 atom stereocenters. The lowest BCUT2D eigenvalue weighted by atomic mass is 10.2. The average molecular weight is 255 g/mol. The molecule has 0 spiro atoms. The van der Waals surface area contributed by atoms with E-state index < -0.39 is 0 Å².